The quantitative estimate of drug-likeness (QED) is 0.766. The smallest absolute Gasteiger partial charge is 0.110 e. The summed E-state index contributed by atoms with van der Waals surface area (Å²) in [5.74, 6) is 0. The fourth-order valence-electron chi connectivity index (χ4n) is 1.01. The summed E-state index contributed by atoms with van der Waals surface area (Å²) in [6, 6.07) is 3.81. The number of nitrogens with two attached hydrogens (primary N) is 2. The van der Waals surface area contributed by atoms with Gasteiger partial charge in [-0.2, -0.15) is 0 Å². The lowest BCUT2D eigenvalue weighted by molar-refractivity contribution is 0.655. The molecule has 0 unspecified atom stereocenters. The van der Waals surface area contributed by atoms with Crippen molar-refractivity contribution < 1.29 is 0 Å². The third-order valence-corrected chi connectivity index (χ3v) is 2.33. The highest BCUT2D eigenvalue weighted by Crippen LogP contribution is 2.20. The maximum atomic E-state index is 5.86. The Morgan fingerprint density at radius 3 is 2.92 bits per heavy atom. The molecule has 66 valence electrons. The van der Waals surface area contributed by atoms with Gasteiger partial charge in [0.15, 0.2) is 0 Å². The molecule has 1 aromatic heterocycles. The van der Waals surface area contributed by atoms with Gasteiger partial charge in [0.2, 0.25) is 0 Å². The van der Waals surface area contributed by atoms with Crippen LogP contribution in [0.15, 0.2) is 22.9 Å². The van der Waals surface area contributed by atoms with Crippen molar-refractivity contribution in [2.75, 3.05) is 6.54 Å². The van der Waals surface area contributed by atoms with Crippen LogP contribution in [0.4, 0.5) is 0 Å². The van der Waals surface area contributed by atoms with Gasteiger partial charge in [-0.1, -0.05) is 6.07 Å². The minimum Gasteiger partial charge on any atom is -0.330 e. The van der Waals surface area contributed by atoms with E-state index in [1.165, 1.54) is 0 Å². The molecule has 1 rings (SSSR count). The van der Waals surface area contributed by atoms with Crippen molar-refractivity contribution in [3.8, 4) is 0 Å². The van der Waals surface area contributed by atoms with Crippen LogP contribution in [0.1, 0.15) is 18.0 Å². The van der Waals surface area contributed by atoms with E-state index in [1.54, 1.807) is 6.20 Å². The zero-order valence-electron chi connectivity index (χ0n) is 6.70. The van der Waals surface area contributed by atoms with Crippen molar-refractivity contribution in [1.82, 2.24) is 4.98 Å². The van der Waals surface area contributed by atoms with E-state index in [2.05, 4.69) is 20.9 Å². The molecule has 0 fully saturated rings. The molecule has 3 nitrogen and oxygen atoms in total. The summed E-state index contributed by atoms with van der Waals surface area (Å²) in [6.07, 6.45) is 2.51. The summed E-state index contributed by atoms with van der Waals surface area (Å²) in [4.78, 5) is 4.08. The van der Waals surface area contributed by atoms with E-state index in [1.807, 2.05) is 12.1 Å². The number of hydrogen-bond donors (Lipinski definition) is 2. The molecule has 0 aliphatic heterocycles. The Kier molecular flexibility index (Phi) is 3.65. The number of aromatic nitrogens is 1. The fourth-order valence-corrected chi connectivity index (χ4v) is 1.55. The van der Waals surface area contributed by atoms with E-state index < -0.39 is 0 Å². The zero-order chi connectivity index (χ0) is 8.97. The molecule has 1 aromatic rings. The van der Waals surface area contributed by atoms with Crippen molar-refractivity contribution >= 4 is 15.9 Å². The standard InChI is InChI=1S/C8H12BrN3/c9-8-6(2-1-5-12-8)7(11)3-4-10/h1-2,5,7H,3-4,10-11H2/t7-/m1/s1. The van der Waals surface area contributed by atoms with Crippen LogP contribution in [0.25, 0.3) is 0 Å². The largest absolute Gasteiger partial charge is 0.330 e. The van der Waals surface area contributed by atoms with Crippen molar-refractivity contribution in [1.29, 1.82) is 0 Å². The molecular formula is C8H12BrN3. The fraction of sp³-hybridized carbons (Fsp3) is 0.375. The molecule has 0 radical (unpaired) electrons. The molecule has 0 aliphatic rings. The van der Waals surface area contributed by atoms with E-state index in [0.29, 0.717) is 6.54 Å². The Morgan fingerprint density at radius 2 is 2.33 bits per heavy atom. The Morgan fingerprint density at radius 1 is 1.58 bits per heavy atom. The van der Waals surface area contributed by atoms with E-state index in [9.17, 15) is 0 Å². The van der Waals surface area contributed by atoms with Gasteiger partial charge in [0.25, 0.3) is 0 Å². The second-order valence-corrected chi connectivity index (χ2v) is 3.32. The van der Waals surface area contributed by atoms with E-state index in [0.717, 1.165) is 16.6 Å². The zero-order valence-corrected chi connectivity index (χ0v) is 8.29. The number of pyridine rings is 1. The number of halogens is 1. The molecule has 4 heteroatoms. The van der Waals surface area contributed by atoms with Crippen LogP contribution in [0.5, 0.6) is 0 Å². The Hall–Kier alpha value is -0.450. The van der Waals surface area contributed by atoms with Gasteiger partial charge in [0, 0.05) is 17.8 Å². The molecule has 0 saturated carbocycles. The normalized spacial score (nSPS) is 12.9. The maximum Gasteiger partial charge on any atom is 0.110 e. The lowest BCUT2D eigenvalue weighted by atomic mass is 10.1. The van der Waals surface area contributed by atoms with Crippen LogP contribution in [0.3, 0.4) is 0 Å². The molecule has 0 spiro atoms. The van der Waals surface area contributed by atoms with E-state index >= 15 is 0 Å². The predicted octanol–water partition coefficient (Wildman–Crippen LogP) is 1.19. The Labute approximate surface area is 80.3 Å². The number of rotatable bonds is 3. The van der Waals surface area contributed by atoms with Crippen LogP contribution in [-0.4, -0.2) is 11.5 Å². The number of nitrogens with zero attached hydrogens (tertiary/aromatic N) is 1. The third-order valence-electron chi connectivity index (χ3n) is 1.67. The molecule has 0 bridgehead atoms. The van der Waals surface area contributed by atoms with Gasteiger partial charge < -0.3 is 11.5 Å². The molecular weight excluding hydrogens is 218 g/mol. The van der Waals surface area contributed by atoms with Crippen molar-refractivity contribution in [3.63, 3.8) is 0 Å². The molecule has 0 aliphatic carbocycles. The highest BCUT2D eigenvalue weighted by molar-refractivity contribution is 9.10. The first-order valence-corrected chi connectivity index (χ1v) is 4.61. The van der Waals surface area contributed by atoms with Crippen LogP contribution in [-0.2, 0) is 0 Å². The molecule has 1 heterocycles. The first-order valence-electron chi connectivity index (χ1n) is 3.81. The average molecular weight is 230 g/mol. The minimum absolute atomic E-state index is 0.0157. The Bertz CT molecular complexity index is 252. The second-order valence-electron chi connectivity index (χ2n) is 2.57. The van der Waals surface area contributed by atoms with Gasteiger partial charge in [-0.05, 0) is 35.0 Å². The SMILES string of the molecule is NCC[C@@H](N)c1cccnc1Br. The molecule has 1 atom stereocenters. The van der Waals surface area contributed by atoms with Crippen LogP contribution < -0.4 is 11.5 Å². The molecule has 0 saturated heterocycles. The summed E-state index contributed by atoms with van der Waals surface area (Å²) in [5, 5.41) is 0. The van der Waals surface area contributed by atoms with E-state index in [4.69, 9.17) is 11.5 Å². The summed E-state index contributed by atoms with van der Waals surface area (Å²) in [5.41, 5.74) is 12.3. The van der Waals surface area contributed by atoms with Gasteiger partial charge in [-0.3, -0.25) is 0 Å². The monoisotopic (exact) mass is 229 g/mol. The molecule has 0 amide bonds. The van der Waals surface area contributed by atoms with Crippen LogP contribution in [0.2, 0.25) is 0 Å². The Balaban J connectivity index is 2.79. The highest BCUT2D eigenvalue weighted by atomic mass is 79.9. The first kappa shape index (κ1) is 9.64. The second kappa shape index (κ2) is 4.54. The summed E-state index contributed by atoms with van der Waals surface area (Å²) < 4.78 is 0.811. The lowest BCUT2D eigenvalue weighted by Crippen LogP contribution is -2.15. The van der Waals surface area contributed by atoms with Gasteiger partial charge in [0.05, 0.1) is 0 Å². The number of hydrogen-bond acceptors (Lipinski definition) is 3. The average Bonchev–Trinajstić information content (AvgIpc) is 2.05. The molecule has 12 heavy (non-hydrogen) atoms. The van der Waals surface area contributed by atoms with Gasteiger partial charge in [-0.15, -0.1) is 0 Å². The summed E-state index contributed by atoms with van der Waals surface area (Å²) >= 11 is 3.33. The third kappa shape index (κ3) is 2.27. The summed E-state index contributed by atoms with van der Waals surface area (Å²) in [6.45, 7) is 0.600. The summed E-state index contributed by atoms with van der Waals surface area (Å²) in [7, 11) is 0. The van der Waals surface area contributed by atoms with Crippen molar-refractivity contribution in [2.24, 2.45) is 11.5 Å². The van der Waals surface area contributed by atoms with Crippen LogP contribution >= 0.6 is 15.9 Å². The van der Waals surface area contributed by atoms with Crippen molar-refractivity contribution in [3.05, 3.63) is 28.5 Å². The predicted molar refractivity (Wildman–Crippen MR) is 52.5 cm³/mol. The van der Waals surface area contributed by atoms with Gasteiger partial charge >= 0.3 is 0 Å². The van der Waals surface area contributed by atoms with Gasteiger partial charge in [0.1, 0.15) is 4.60 Å². The van der Waals surface area contributed by atoms with Crippen molar-refractivity contribution in [2.45, 2.75) is 12.5 Å². The highest BCUT2D eigenvalue weighted by Gasteiger charge is 2.08. The topological polar surface area (TPSA) is 64.9 Å². The van der Waals surface area contributed by atoms with Gasteiger partial charge in [-0.25, -0.2) is 4.98 Å². The van der Waals surface area contributed by atoms with Crippen LogP contribution in [0, 0.1) is 0 Å². The lowest BCUT2D eigenvalue weighted by Gasteiger charge is -2.10. The molecule has 4 N–H and O–H groups in total. The first-order chi connectivity index (χ1) is 5.75. The maximum absolute atomic E-state index is 5.86. The molecule has 0 aromatic carbocycles. The minimum atomic E-state index is -0.0157. The van der Waals surface area contributed by atoms with E-state index in [-0.39, 0.29) is 6.04 Å².